The number of pyridine rings is 1. The van der Waals surface area contributed by atoms with Gasteiger partial charge in [-0.25, -0.2) is 9.67 Å². The molecule has 3 aromatic heterocycles. The summed E-state index contributed by atoms with van der Waals surface area (Å²) in [6, 6.07) is 7.44. The summed E-state index contributed by atoms with van der Waals surface area (Å²) >= 11 is 0. The van der Waals surface area contributed by atoms with Gasteiger partial charge in [0, 0.05) is 13.0 Å². The van der Waals surface area contributed by atoms with Gasteiger partial charge in [-0.1, -0.05) is 0 Å². The van der Waals surface area contributed by atoms with Crippen LogP contribution in [-0.2, 0) is 11.0 Å². The zero-order chi connectivity index (χ0) is 24.6. The molecule has 8 nitrogen and oxygen atoms in total. The summed E-state index contributed by atoms with van der Waals surface area (Å²) in [5, 5.41) is 9.65. The number of nitrogens with zero attached hydrogens (tertiary/aromatic N) is 3. The lowest BCUT2D eigenvalue weighted by Gasteiger charge is -2.15. The first kappa shape index (κ1) is 23.0. The minimum atomic E-state index is -4.64. The minimum Gasteiger partial charge on any atom is -0.463 e. The predicted molar refractivity (Wildman–Crippen MR) is 119 cm³/mol. The monoisotopic (exact) mass is 471 g/mol. The number of alkyl halides is 3. The van der Waals surface area contributed by atoms with Crippen LogP contribution in [0.3, 0.4) is 0 Å². The first-order valence-electron chi connectivity index (χ1n) is 10.3. The van der Waals surface area contributed by atoms with Crippen LogP contribution in [0.5, 0.6) is 0 Å². The van der Waals surface area contributed by atoms with E-state index in [2.05, 4.69) is 20.7 Å². The lowest BCUT2D eigenvalue weighted by atomic mass is 10.1. The van der Waals surface area contributed by atoms with Crippen molar-refractivity contribution >= 4 is 34.2 Å². The number of halogens is 3. The van der Waals surface area contributed by atoms with E-state index in [4.69, 9.17) is 4.42 Å². The van der Waals surface area contributed by atoms with Gasteiger partial charge in [0.1, 0.15) is 5.69 Å². The summed E-state index contributed by atoms with van der Waals surface area (Å²) in [5.74, 6) is -0.792. The smallest absolute Gasteiger partial charge is 0.416 e. The average Bonchev–Trinajstić information content (AvgIpc) is 3.43. The molecule has 34 heavy (non-hydrogen) atoms. The van der Waals surface area contributed by atoms with Crippen molar-refractivity contribution < 1.29 is 27.2 Å². The van der Waals surface area contributed by atoms with Crippen molar-refractivity contribution in [3.05, 3.63) is 60.0 Å². The number of furan rings is 1. The van der Waals surface area contributed by atoms with E-state index in [0.29, 0.717) is 22.5 Å². The maximum atomic E-state index is 13.3. The number of carbonyl (C=O) groups excluding carboxylic acids is 2. The van der Waals surface area contributed by atoms with Crippen LogP contribution in [0.1, 0.15) is 42.7 Å². The second kappa shape index (κ2) is 8.65. The van der Waals surface area contributed by atoms with Crippen molar-refractivity contribution in [2.45, 2.75) is 33.0 Å². The summed E-state index contributed by atoms with van der Waals surface area (Å²) < 4.78 is 46.9. The number of nitrogens with one attached hydrogen (secondary N) is 2. The fourth-order valence-electron chi connectivity index (χ4n) is 3.45. The van der Waals surface area contributed by atoms with Crippen LogP contribution in [0.25, 0.3) is 22.5 Å². The molecule has 0 aliphatic heterocycles. The highest BCUT2D eigenvalue weighted by Crippen LogP contribution is 2.35. The van der Waals surface area contributed by atoms with Crippen LogP contribution >= 0.6 is 0 Å². The maximum absolute atomic E-state index is 13.3. The van der Waals surface area contributed by atoms with E-state index in [0.717, 1.165) is 18.2 Å². The molecule has 1 aromatic carbocycles. The van der Waals surface area contributed by atoms with Gasteiger partial charge in [-0.2, -0.15) is 18.3 Å². The predicted octanol–water partition coefficient (Wildman–Crippen LogP) is 5.50. The molecule has 176 valence electrons. The van der Waals surface area contributed by atoms with Crippen LogP contribution < -0.4 is 10.6 Å². The second-order valence-corrected chi connectivity index (χ2v) is 7.85. The lowest BCUT2D eigenvalue weighted by Crippen LogP contribution is -2.17. The second-order valence-electron chi connectivity index (χ2n) is 7.85. The van der Waals surface area contributed by atoms with E-state index >= 15 is 0 Å². The molecule has 3 heterocycles. The van der Waals surface area contributed by atoms with Crippen molar-refractivity contribution in [3.8, 4) is 11.5 Å². The summed E-state index contributed by atoms with van der Waals surface area (Å²) in [7, 11) is 0. The van der Waals surface area contributed by atoms with Crippen LogP contribution in [0, 0.1) is 0 Å². The fourth-order valence-corrected chi connectivity index (χ4v) is 3.45. The van der Waals surface area contributed by atoms with Crippen molar-refractivity contribution in [2.24, 2.45) is 0 Å². The zero-order valence-electron chi connectivity index (χ0n) is 18.4. The van der Waals surface area contributed by atoms with E-state index < -0.39 is 23.6 Å². The number of rotatable bonds is 5. The van der Waals surface area contributed by atoms with Gasteiger partial charge < -0.3 is 15.1 Å². The van der Waals surface area contributed by atoms with Crippen LogP contribution in [0.15, 0.2) is 53.3 Å². The van der Waals surface area contributed by atoms with E-state index in [1.165, 1.54) is 25.5 Å². The van der Waals surface area contributed by atoms with Gasteiger partial charge in [0.15, 0.2) is 11.4 Å². The van der Waals surface area contributed by atoms with Crippen LogP contribution in [0.2, 0.25) is 0 Å². The standard InChI is InChI=1S/C23H20F3N5O3/c1-12(2)31-21-16(11-27-31)15(10-19(29-21)20-5-4-8-34-20)22(33)30-18-9-14(23(24,25)26)6-7-17(18)28-13(3)32/h4-12H,1-3H3,(H,28,32)(H,30,33). The van der Waals surface area contributed by atoms with Crippen molar-refractivity contribution in [1.82, 2.24) is 14.8 Å². The Bertz CT molecular complexity index is 1370. The normalized spacial score (nSPS) is 11.7. The Hall–Kier alpha value is -4.15. The number of aromatic nitrogens is 3. The molecule has 0 bridgehead atoms. The summed E-state index contributed by atoms with van der Waals surface area (Å²) in [6.45, 7) is 5.01. The zero-order valence-corrected chi connectivity index (χ0v) is 18.4. The summed E-state index contributed by atoms with van der Waals surface area (Å²) in [4.78, 5) is 29.4. The highest BCUT2D eigenvalue weighted by molar-refractivity contribution is 6.14. The molecule has 0 saturated carbocycles. The maximum Gasteiger partial charge on any atom is 0.416 e. The number of anilines is 2. The number of amides is 2. The van der Waals surface area contributed by atoms with Crippen molar-refractivity contribution in [3.63, 3.8) is 0 Å². The van der Waals surface area contributed by atoms with Crippen molar-refractivity contribution in [1.29, 1.82) is 0 Å². The lowest BCUT2D eigenvalue weighted by molar-refractivity contribution is -0.137. The van der Waals surface area contributed by atoms with Crippen molar-refractivity contribution in [2.75, 3.05) is 10.6 Å². The molecule has 0 saturated heterocycles. The number of carbonyl (C=O) groups is 2. The molecule has 11 heteroatoms. The van der Waals surface area contributed by atoms with Gasteiger partial charge in [0.05, 0.1) is 40.3 Å². The molecule has 4 rings (SSSR count). The van der Waals surface area contributed by atoms with E-state index in [9.17, 15) is 22.8 Å². The Morgan fingerprint density at radius 3 is 2.47 bits per heavy atom. The van der Waals surface area contributed by atoms with Gasteiger partial charge in [-0.15, -0.1) is 0 Å². The van der Waals surface area contributed by atoms with E-state index in [1.807, 2.05) is 13.8 Å². The number of fused-ring (bicyclic) bond motifs is 1. The molecule has 2 amide bonds. The van der Waals surface area contributed by atoms with E-state index in [1.54, 1.807) is 16.8 Å². The Kier molecular flexibility index (Phi) is 5.86. The third kappa shape index (κ3) is 4.49. The molecule has 0 radical (unpaired) electrons. The summed E-state index contributed by atoms with van der Waals surface area (Å²) in [6.07, 6.45) is -1.70. The molecule has 0 aliphatic carbocycles. The van der Waals surface area contributed by atoms with Gasteiger partial charge in [-0.3, -0.25) is 9.59 Å². The molecule has 0 atom stereocenters. The van der Waals surface area contributed by atoms with Gasteiger partial charge in [0.2, 0.25) is 5.91 Å². The molecular weight excluding hydrogens is 451 g/mol. The number of hydrogen-bond donors (Lipinski definition) is 2. The largest absolute Gasteiger partial charge is 0.463 e. The number of benzene rings is 1. The third-order valence-electron chi connectivity index (χ3n) is 4.98. The molecule has 2 N–H and O–H groups in total. The fraction of sp³-hybridized carbons (Fsp3) is 0.217. The molecule has 0 unspecified atom stereocenters. The molecule has 0 spiro atoms. The Labute approximate surface area is 191 Å². The van der Waals surface area contributed by atoms with E-state index in [-0.39, 0.29) is 23.0 Å². The van der Waals surface area contributed by atoms with Gasteiger partial charge in [-0.05, 0) is 50.2 Å². The van der Waals surface area contributed by atoms with Crippen LogP contribution in [0.4, 0.5) is 24.5 Å². The van der Waals surface area contributed by atoms with Gasteiger partial charge in [0.25, 0.3) is 5.91 Å². The highest BCUT2D eigenvalue weighted by atomic mass is 19.4. The first-order chi connectivity index (χ1) is 16.0. The van der Waals surface area contributed by atoms with Crippen LogP contribution in [-0.4, -0.2) is 26.6 Å². The molecule has 4 aromatic rings. The Morgan fingerprint density at radius 1 is 1.09 bits per heavy atom. The summed E-state index contributed by atoms with van der Waals surface area (Å²) in [5.41, 5.74) is -0.231. The third-order valence-corrected chi connectivity index (χ3v) is 4.98. The molecule has 0 aliphatic rings. The van der Waals surface area contributed by atoms with Gasteiger partial charge >= 0.3 is 6.18 Å². The minimum absolute atomic E-state index is 0.0308. The molecule has 0 fully saturated rings. The highest BCUT2D eigenvalue weighted by Gasteiger charge is 2.31. The Morgan fingerprint density at radius 2 is 1.85 bits per heavy atom. The number of hydrogen-bond acceptors (Lipinski definition) is 5. The SMILES string of the molecule is CC(=O)Nc1ccc(C(F)(F)F)cc1NC(=O)c1cc(-c2ccco2)nc2c1cnn2C(C)C. The Balaban J connectivity index is 1.83. The molecular formula is C23H20F3N5O3. The average molecular weight is 471 g/mol. The first-order valence-corrected chi connectivity index (χ1v) is 10.3. The topological polar surface area (TPSA) is 102 Å². The quantitative estimate of drug-likeness (QED) is 0.400.